The van der Waals surface area contributed by atoms with Crippen molar-refractivity contribution in [2.24, 2.45) is 0 Å². The van der Waals surface area contributed by atoms with Crippen molar-refractivity contribution in [3.8, 4) is 5.75 Å². The topological polar surface area (TPSA) is 66.9 Å². The Labute approximate surface area is 156 Å². The number of benzene rings is 1. The standard InChI is InChI=1S/C19H28N2O4S/c1-4-26(23,24)21-11-9-19(10-12-21)14-15(13-18(22)20(2)3)16-7-5-6-8-17(16)25-19/h5-8,15H,4,9-14H2,1-3H3. The molecule has 1 atom stereocenters. The van der Waals surface area contributed by atoms with Crippen LogP contribution in [-0.2, 0) is 14.8 Å². The van der Waals surface area contributed by atoms with Crippen LogP contribution in [0.5, 0.6) is 5.75 Å². The van der Waals surface area contributed by atoms with Gasteiger partial charge in [0.05, 0.1) is 5.75 Å². The van der Waals surface area contributed by atoms with Crippen molar-refractivity contribution >= 4 is 15.9 Å². The van der Waals surface area contributed by atoms with E-state index >= 15 is 0 Å². The van der Waals surface area contributed by atoms with Crippen LogP contribution in [-0.4, -0.2) is 62.1 Å². The molecule has 0 aromatic heterocycles. The highest BCUT2D eigenvalue weighted by atomic mass is 32.2. The molecule has 1 unspecified atom stereocenters. The van der Waals surface area contributed by atoms with Gasteiger partial charge in [0.15, 0.2) is 0 Å². The minimum Gasteiger partial charge on any atom is -0.487 e. The van der Waals surface area contributed by atoms with Crippen LogP contribution >= 0.6 is 0 Å². The summed E-state index contributed by atoms with van der Waals surface area (Å²) in [4.78, 5) is 13.9. The van der Waals surface area contributed by atoms with E-state index in [0.717, 1.165) is 17.7 Å². The van der Waals surface area contributed by atoms with E-state index in [1.165, 1.54) is 0 Å². The lowest BCUT2D eigenvalue weighted by Crippen LogP contribution is -2.52. The van der Waals surface area contributed by atoms with E-state index in [1.807, 2.05) is 24.3 Å². The molecular weight excluding hydrogens is 352 g/mol. The fourth-order valence-electron chi connectivity index (χ4n) is 3.98. The summed E-state index contributed by atoms with van der Waals surface area (Å²) in [6.45, 7) is 2.63. The number of carbonyl (C=O) groups excluding carboxylic acids is 1. The summed E-state index contributed by atoms with van der Waals surface area (Å²) in [5.74, 6) is 1.17. The first-order chi connectivity index (χ1) is 12.3. The normalized spacial score (nSPS) is 22.5. The Hall–Kier alpha value is -1.60. The molecule has 1 aromatic rings. The number of hydrogen-bond acceptors (Lipinski definition) is 4. The molecule has 144 valence electrons. The lowest BCUT2D eigenvalue weighted by atomic mass is 9.76. The van der Waals surface area contributed by atoms with Crippen LogP contribution in [0.3, 0.4) is 0 Å². The molecule has 2 aliphatic heterocycles. The van der Waals surface area contributed by atoms with Gasteiger partial charge in [-0.3, -0.25) is 4.79 Å². The molecule has 0 N–H and O–H groups in total. The summed E-state index contributed by atoms with van der Waals surface area (Å²) in [7, 11) is 0.387. The highest BCUT2D eigenvalue weighted by Gasteiger charge is 2.45. The third-order valence-corrected chi connectivity index (χ3v) is 7.50. The van der Waals surface area contributed by atoms with E-state index in [9.17, 15) is 13.2 Å². The van der Waals surface area contributed by atoms with Gasteiger partial charge in [0.25, 0.3) is 0 Å². The predicted octanol–water partition coefficient (Wildman–Crippen LogP) is 2.22. The molecule has 1 aromatic carbocycles. The molecule has 1 fully saturated rings. The zero-order chi connectivity index (χ0) is 18.9. The number of piperidine rings is 1. The second kappa shape index (κ2) is 7.19. The average molecular weight is 381 g/mol. The molecule has 7 heteroatoms. The molecule has 1 spiro atoms. The van der Waals surface area contributed by atoms with Crippen molar-refractivity contribution < 1.29 is 17.9 Å². The smallest absolute Gasteiger partial charge is 0.222 e. The number of fused-ring (bicyclic) bond motifs is 1. The van der Waals surface area contributed by atoms with E-state index in [1.54, 1.807) is 30.2 Å². The number of ether oxygens (including phenoxy) is 1. The van der Waals surface area contributed by atoms with Gasteiger partial charge in [-0.05, 0) is 25.0 Å². The number of sulfonamides is 1. The van der Waals surface area contributed by atoms with Crippen molar-refractivity contribution in [3.63, 3.8) is 0 Å². The second-order valence-corrected chi connectivity index (χ2v) is 9.77. The Balaban J connectivity index is 1.82. The maximum Gasteiger partial charge on any atom is 0.222 e. The lowest BCUT2D eigenvalue weighted by Gasteiger charge is -2.46. The fraction of sp³-hybridized carbons (Fsp3) is 0.632. The zero-order valence-electron chi connectivity index (χ0n) is 15.8. The van der Waals surface area contributed by atoms with Gasteiger partial charge in [0.1, 0.15) is 11.4 Å². The number of para-hydroxylation sites is 1. The molecule has 1 saturated heterocycles. The van der Waals surface area contributed by atoms with Crippen molar-refractivity contribution in [2.75, 3.05) is 32.9 Å². The van der Waals surface area contributed by atoms with Gasteiger partial charge >= 0.3 is 0 Å². The first-order valence-corrected chi connectivity index (χ1v) is 10.8. The molecule has 3 rings (SSSR count). The van der Waals surface area contributed by atoms with Gasteiger partial charge in [-0.2, -0.15) is 0 Å². The Kier molecular flexibility index (Phi) is 5.30. The third-order valence-electron chi connectivity index (χ3n) is 5.62. The number of hydrogen-bond donors (Lipinski definition) is 0. The maximum absolute atomic E-state index is 12.3. The SMILES string of the molecule is CCS(=O)(=O)N1CCC2(CC1)CC(CC(=O)N(C)C)c1ccccc1O2. The van der Waals surface area contributed by atoms with Crippen LogP contribution in [0.15, 0.2) is 24.3 Å². The van der Waals surface area contributed by atoms with Gasteiger partial charge in [-0.25, -0.2) is 12.7 Å². The fourth-order valence-corrected chi connectivity index (χ4v) is 5.08. The minimum atomic E-state index is -3.16. The van der Waals surface area contributed by atoms with Crippen LogP contribution in [0.1, 0.15) is 44.1 Å². The molecule has 2 heterocycles. The number of rotatable bonds is 4. The van der Waals surface area contributed by atoms with Crippen molar-refractivity contribution in [1.82, 2.24) is 9.21 Å². The minimum absolute atomic E-state index is 0.101. The summed E-state index contributed by atoms with van der Waals surface area (Å²) in [5, 5.41) is 0. The number of carbonyl (C=O) groups is 1. The summed E-state index contributed by atoms with van der Waals surface area (Å²) >= 11 is 0. The predicted molar refractivity (Wildman–Crippen MR) is 101 cm³/mol. The Morgan fingerprint density at radius 3 is 2.54 bits per heavy atom. The zero-order valence-corrected chi connectivity index (χ0v) is 16.6. The van der Waals surface area contributed by atoms with Crippen molar-refractivity contribution in [2.45, 2.75) is 44.1 Å². The van der Waals surface area contributed by atoms with Gasteiger partial charge in [-0.15, -0.1) is 0 Å². The van der Waals surface area contributed by atoms with Gasteiger partial charge in [0, 0.05) is 52.4 Å². The van der Waals surface area contributed by atoms with E-state index in [4.69, 9.17) is 4.74 Å². The van der Waals surface area contributed by atoms with Crippen LogP contribution in [0.4, 0.5) is 0 Å². The van der Waals surface area contributed by atoms with Crippen molar-refractivity contribution in [3.05, 3.63) is 29.8 Å². The number of amides is 1. The molecular formula is C19H28N2O4S. The molecule has 0 saturated carbocycles. The van der Waals surface area contributed by atoms with Gasteiger partial charge in [-0.1, -0.05) is 18.2 Å². The van der Waals surface area contributed by atoms with Crippen LogP contribution in [0.2, 0.25) is 0 Å². The van der Waals surface area contributed by atoms with E-state index < -0.39 is 10.0 Å². The quantitative estimate of drug-likeness (QED) is 0.803. The Morgan fingerprint density at radius 1 is 1.27 bits per heavy atom. The Bertz CT molecular complexity index is 767. The molecule has 0 aliphatic carbocycles. The van der Waals surface area contributed by atoms with Crippen LogP contribution in [0.25, 0.3) is 0 Å². The van der Waals surface area contributed by atoms with Crippen molar-refractivity contribution in [1.29, 1.82) is 0 Å². The summed E-state index contributed by atoms with van der Waals surface area (Å²) < 4.78 is 32.2. The number of nitrogens with zero attached hydrogens (tertiary/aromatic N) is 2. The second-order valence-electron chi connectivity index (χ2n) is 7.52. The van der Waals surface area contributed by atoms with Crippen LogP contribution in [0, 0.1) is 0 Å². The molecule has 2 aliphatic rings. The largest absolute Gasteiger partial charge is 0.487 e. The third kappa shape index (κ3) is 3.74. The maximum atomic E-state index is 12.3. The van der Waals surface area contributed by atoms with E-state index in [0.29, 0.717) is 32.4 Å². The summed E-state index contributed by atoms with van der Waals surface area (Å²) in [5.41, 5.74) is 0.697. The highest BCUT2D eigenvalue weighted by Crippen LogP contribution is 2.46. The average Bonchev–Trinajstić information content (AvgIpc) is 2.62. The van der Waals surface area contributed by atoms with Gasteiger partial charge < -0.3 is 9.64 Å². The van der Waals surface area contributed by atoms with Crippen LogP contribution < -0.4 is 4.74 Å². The highest BCUT2D eigenvalue weighted by molar-refractivity contribution is 7.89. The van der Waals surface area contributed by atoms with Gasteiger partial charge in [0.2, 0.25) is 15.9 Å². The first-order valence-electron chi connectivity index (χ1n) is 9.22. The molecule has 0 radical (unpaired) electrons. The first kappa shape index (κ1) is 19.2. The molecule has 26 heavy (non-hydrogen) atoms. The summed E-state index contributed by atoms with van der Waals surface area (Å²) in [6.07, 6.45) is 2.52. The lowest BCUT2D eigenvalue weighted by molar-refractivity contribution is -0.129. The monoisotopic (exact) mass is 380 g/mol. The molecule has 1 amide bonds. The van der Waals surface area contributed by atoms with E-state index in [-0.39, 0.29) is 23.2 Å². The Morgan fingerprint density at radius 2 is 1.92 bits per heavy atom. The summed E-state index contributed by atoms with van der Waals surface area (Å²) in [6, 6.07) is 7.91. The molecule has 0 bridgehead atoms. The molecule has 6 nitrogen and oxygen atoms in total. The van der Waals surface area contributed by atoms with E-state index in [2.05, 4.69) is 0 Å².